The van der Waals surface area contributed by atoms with E-state index in [0.29, 0.717) is 0 Å². The van der Waals surface area contributed by atoms with E-state index < -0.39 is 0 Å². The smallest absolute Gasteiger partial charge is 0.0223 e. The summed E-state index contributed by atoms with van der Waals surface area (Å²) in [7, 11) is 0. The molecule has 3 heteroatoms. The SMILES string of the molecule is C1CCC(C2CN(C3CCN4CCCC4C3)CCN2)CC1. The third-order valence-corrected chi connectivity index (χ3v) is 6.76. The van der Waals surface area contributed by atoms with Gasteiger partial charge in [-0.25, -0.2) is 0 Å². The molecule has 21 heavy (non-hydrogen) atoms. The number of rotatable bonds is 2. The van der Waals surface area contributed by atoms with Crippen LogP contribution in [0.2, 0.25) is 0 Å². The second-order valence-electron chi connectivity index (χ2n) is 7.96. The minimum absolute atomic E-state index is 0.792. The van der Waals surface area contributed by atoms with Gasteiger partial charge in [-0.1, -0.05) is 19.3 Å². The minimum atomic E-state index is 0.792. The lowest BCUT2D eigenvalue weighted by Crippen LogP contribution is -2.58. The Morgan fingerprint density at radius 2 is 1.57 bits per heavy atom. The summed E-state index contributed by atoms with van der Waals surface area (Å²) in [6.07, 6.45) is 13.2. The highest BCUT2D eigenvalue weighted by molar-refractivity contribution is 4.94. The van der Waals surface area contributed by atoms with E-state index in [1.165, 1.54) is 90.5 Å². The molecule has 0 aromatic rings. The van der Waals surface area contributed by atoms with Crippen LogP contribution in [0, 0.1) is 5.92 Å². The van der Waals surface area contributed by atoms with Gasteiger partial charge in [0, 0.05) is 37.8 Å². The summed E-state index contributed by atoms with van der Waals surface area (Å²) in [5.41, 5.74) is 0. The van der Waals surface area contributed by atoms with Crippen LogP contribution in [-0.4, -0.2) is 60.6 Å². The van der Waals surface area contributed by atoms with E-state index in [0.717, 1.165) is 24.0 Å². The van der Waals surface area contributed by atoms with Crippen LogP contribution in [0.4, 0.5) is 0 Å². The van der Waals surface area contributed by atoms with Gasteiger partial charge in [0.2, 0.25) is 0 Å². The average Bonchev–Trinajstić information content (AvgIpc) is 3.03. The van der Waals surface area contributed by atoms with Crippen LogP contribution in [0.15, 0.2) is 0 Å². The summed E-state index contributed by atoms with van der Waals surface area (Å²) >= 11 is 0. The molecule has 0 aromatic heterocycles. The van der Waals surface area contributed by atoms with E-state index in [4.69, 9.17) is 0 Å². The second-order valence-corrected chi connectivity index (χ2v) is 7.96. The molecule has 3 aliphatic heterocycles. The Labute approximate surface area is 130 Å². The molecule has 120 valence electrons. The molecule has 0 spiro atoms. The molecule has 4 fully saturated rings. The first kappa shape index (κ1) is 14.5. The molecule has 3 saturated heterocycles. The van der Waals surface area contributed by atoms with Gasteiger partial charge in [-0.2, -0.15) is 0 Å². The van der Waals surface area contributed by atoms with Gasteiger partial charge in [0.15, 0.2) is 0 Å². The molecule has 0 aromatic carbocycles. The second kappa shape index (κ2) is 6.55. The zero-order valence-corrected chi connectivity index (χ0v) is 13.6. The number of hydrogen-bond acceptors (Lipinski definition) is 3. The molecule has 4 aliphatic rings. The normalized spacial score (nSPS) is 40.3. The lowest BCUT2D eigenvalue weighted by Gasteiger charge is -2.46. The van der Waals surface area contributed by atoms with E-state index >= 15 is 0 Å². The van der Waals surface area contributed by atoms with E-state index in [9.17, 15) is 0 Å². The topological polar surface area (TPSA) is 18.5 Å². The predicted octanol–water partition coefficient (Wildman–Crippen LogP) is 2.47. The molecule has 3 atom stereocenters. The molecule has 4 rings (SSSR count). The molecular weight excluding hydrogens is 258 g/mol. The summed E-state index contributed by atoms with van der Waals surface area (Å²) in [6, 6.07) is 2.60. The zero-order chi connectivity index (χ0) is 14.1. The van der Waals surface area contributed by atoms with Gasteiger partial charge in [-0.15, -0.1) is 0 Å². The molecule has 1 N–H and O–H groups in total. The summed E-state index contributed by atoms with van der Waals surface area (Å²) in [5, 5.41) is 3.85. The summed E-state index contributed by atoms with van der Waals surface area (Å²) in [6.45, 7) is 6.60. The number of hydrogen-bond donors (Lipinski definition) is 1. The van der Waals surface area contributed by atoms with E-state index in [-0.39, 0.29) is 0 Å². The van der Waals surface area contributed by atoms with Crippen molar-refractivity contribution in [2.24, 2.45) is 5.92 Å². The Bertz CT molecular complexity index is 339. The molecule has 1 aliphatic carbocycles. The average molecular weight is 291 g/mol. The highest BCUT2D eigenvalue weighted by Crippen LogP contribution is 2.32. The summed E-state index contributed by atoms with van der Waals surface area (Å²) in [5.74, 6) is 0.966. The maximum Gasteiger partial charge on any atom is 0.0223 e. The maximum absolute atomic E-state index is 3.85. The molecule has 3 unspecified atom stereocenters. The Morgan fingerprint density at radius 3 is 2.48 bits per heavy atom. The van der Waals surface area contributed by atoms with Gasteiger partial charge in [0.1, 0.15) is 0 Å². The monoisotopic (exact) mass is 291 g/mol. The largest absolute Gasteiger partial charge is 0.311 e. The first-order chi connectivity index (χ1) is 10.4. The Balaban J connectivity index is 1.34. The van der Waals surface area contributed by atoms with Crippen molar-refractivity contribution in [2.75, 3.05) is 32.7 Å². The fraction of sp³-hybridized carbons (Fsp3) is 1.00. The first-order valence-corrected chi connectivity index (χ1v) is 9.61. The van der Waals surface area contributed by atoms with Gasteiger partial charge in [0.05, 0.1) is 0 Å². The first-order valence-electron chi connectivity index (χ1n) is 9.61. The third kappa shape index (κ3) is 3.16. The van der Waals surface area contributed by atoms with E-state index in [1.54, 1.807) is 0 Å². The van der Waals surface area contributed by atoms with Crippen molar-refractivity contribution in [1.29, 1.82) is 0 Å². The Morgan fingerprint density at radius 1 is 0.714 bits per heavy atom. The maximum atomic E-state index is 3.85. The van der Waals surface area contributed by atoms with Crippen molar-refractivity contribution in [3.8, 4) is 0 Å². The molecule has 0 bridgehead atoms. The van der Waals surface area contributed by atoms with Crippen molar-refractivity contribution in [3.05, 3.63) is 0 Å². The summed E-state index contributed by atoms with van der Waals surface area (Å²) in [4.78, 5) is 5.63. The van der Waals surface area contributed by atoms with Gasteiger partial charge in [0.25, 0.3) is 0 Å². The van der Waals surface area contributed by atoms with Gasteiger partial charge < -0.3 is 10.2 Å². The fourth-order valence-corrected chi connectivity index (χ4v) is 5.52. The van der Waals surface area contributed by atoms with Crippen molar-refractivity contribution >= 4 is 0 Å². The number of piperidine rings is 1. The lowest BCUT2D eigenvalue weighted by molar-refractivity contribution is 0.0536. The van der Waals surface area contributed by atoms with Crippen molar-refractivity contribution < 1.29 is 0 Å². The standard InChI is InChI=1S/C18H33N3/c1-2-5-15(6-3-1)18-14-21(12-9-19-18)17-8-11-20-10-4-7-16(20)13-17/h15-19H,1-14H2. The molecule has 3 nitrogen and oxygen atoms in total. The van der Waals surface area contributed by atoms with Gasteiger partial charge >= 0.3 is 0 Å². The quantitative estimate of drug-likeness (QED) is 0.843. The molecule has 0 amide bonds. The Kier molecular flexibility index (Phi) is 4.52. The third-order valence-electron chi connectivity index (χ3n) is 6.76. The number of fused-ring (bicyclic) bond motifs is 1. The van der Waals surface area contributed by atoms with Crippen LogP contribution in [0.25, 0.3) is 0 Å². The number of nitrogens with one attached hydrogen (secondary N) is 1. The van der Waals surface area contributed by atoms with Crippen LogP contribution in [0.3, 0.4) is 0 Å². The molecular formula is C18H33N3. The zero-order valence-electron chi connectivity index (χ0n) is 13.6. The van der Waals surface area contributed by atoms with Crippen molar-refractivity contribution in [3.63, 3.8) is 0 Å². The van der Waals surface area contributed by atoms with Gasteiger partial charge in [-0.3, -0.25) is 4.90 Å². The lowest BCUT2D eigenvalue weighted by atomic mass is 9.82. The van der Waals surface area contributed by atoms with Gasteiger partial charge in [-0.05, 0) is 57.5 Å². The minimum Gasteiger partial charge on any atom is -0.311 e. The Hall–Kier alpha value is -0.120. The van der Waals surface area contributed by atoms with E-state index in [2.05, 4.69) is 15.1 Å². The van der Waals surface area contributed by atoms with Crippen LogP contribution >= 0.6 is 0 Å². The van der Waals surface area contributed by atoms with Crippen LogP contribution < -0.4 is 5.32 Å². The number of piperazine rings is 1. The van der Waals surface area contributed by atoms with Crippen LogP contribution in [0.5, 0.6) is 0 Å². The highest BCUT2D eigenvalue weighted by Gasteiger charge is 2.36. The summed E-state index contributed by atoms with van der Waals surface area (Å²) < 4.78 is 0. The predicted molar refractivity (Wildman–Crippen MR) is 87.6 cm³/mol. The number of nitrogens with zero attached hydrogens (tertiary/aromatic N) is 2. The molecule has 3 heterocycles. The fourth-order valence-electron chi connectivity index (χ4n) is 5.52. The van der Waals surface area contributed by atoms with Crippen LogP contribution in [0.1, 0.15) is 57.8 Å². The molecule has 1 saturated carbocycles. The van der Waals surface area contributed by atoms with Crippen molar-refractivity contribution in [1.82, 2.24) is 15.1 Å². The van der Waals surface area contributed by atoms with Crippen LogP contribution in [-0.2, 0) is 0 Å². The highest BCUT2D eigenvalue weighted by atomic mass is 15.3. The molecule has 0 radical (unpaired) electrons. The van der Waals surface area contributed by atoms with E-state index in [1.807, 2.05) is 0 Å². The van der Waals surface area contributed by atoms with Crippen molar-refractivity contribution in [2.45, 2.75) is 75.9 Å².